The van der Waals surface area contributed by atoms with E-state index in [2.05, 4.69) is 5.32 Å². The first-order valence-corrected chi connectivity index (χ1v) is 8.37. The number of nitro benzene ring substituents is 1. The van der Waals surface area contributed by atoms with E-state index in [0.29, 0.717) is 12.2 Å². The van der Waals surface area contributed by atoms with Gasteiger partial charge in [0.05, 0.1) is 25.2 Å². The maximum absolute atomic E-state index is 12.2. The summed E-state index contributed by atoms with van der Waals surface area (Å²) in [5.41, 5.74) is 0.795. The molecule has 0 unspecified atom stereocenters. The highest BCUT2D eigenvalue weighted by molar-refractivity contribution is 5.78. The largest absolute Gasteiger partial charge is 0.497 e. The lowest BCUT2D eigenvalue weighted by Gasteiger charge is -2.18. The number of benzene rings is 2. The summed E-state index contributed by atoms with van der Waals surface area (Å²) in [6.45, 7) is 1.75. The molecule has 8 nitrogen and oxygen atoms in total. The molecule has 0 aromatic heterocycles. The Bertz CT molecular complexity index is 791. The Kier molecular flexibility index (Phi) is 6.99. The molecule has 0 radical (unpaired) electrons. The van der Waals surface area contributed by atoms with E-state index in [0.717, 1.165) is 11.3 Å². The summed E-state index contributed by atoms with van der Waals surface area (Å²) in [7, 11) is 2.93. The van der Waals surface area contributed by atoms with Gasteiger partial charge in [0, 0.05) is 12.1 Å². The zero-order valence-electron chi connectivity index (χ0n) is 15.4. The van der Waals surface area contributed by atoms with Gasteiger partial charge >= 0.3 is 5.69 Å². The number of hydrogen-bond donors (Lipinski definition) is 1. The van der Waals surface area contributed by atoms with Crippen molar-refractivity contribution in [3.8, 4) is 17.2 Å². The Morgan fingerprint density at radius 3 is 2.33 bits per heavy atom. The lowest BCUT2D eigenvalue weighted by Crippen LogP contribution is -2.32. The number of nitro groups is 1. The molecule has 0 saturated carbocycles. The second kappa shape index (κ2) is 9.42. The van der Waals surface area contributed by atoms with Crippen LogP contribution in [-0.2, 0) is 4.79 Å². The van der Waals surface area contributed by atoms with Crippen LogP contribution in [0.3, 0.4) is 0 Å². The van der Waals surface area contributed by atoms with Crippen LogP contribution in [-0.4, -0.2) is 31.7 Å². The molecule has 2 aromatic rings. The fourth-order valence-corrected chi connectivity index (χ4v) is 2.54. The molecule has 0 saturated heterocycles. The Morgan fingerprint density at radius 1 is 1.11 bits per heavy atom. The Hall–Kier alpha value is -3.29. The van der Waals surface area contributed by atoms with E-state index in [1.54, 1.807) is 7.11 Å². The van der Waals surface area contributed by atoms with Crippen molar-refractivity contribution in [2.75, 3.05) is 20.8 Å². The molecule has 27 heavy (non-hydrogen) atoms. The molecule has 1 atom stereocenters. The smallest absolute Gasteiger partial charge is 0.311 e. The number of amides is 1. The average Bonchev–Trinajstić information content (AvgIpc) is 2.70. The van der Waals surface area contributed by atoms with Crippen LogP contribution in [0.2, 0.25) is 0 Å². The van der Waals surface area contributed by atoms with Gasteiger partial charge in [-0.05, 0) is 30.2 Å². The van der Waals surface area contributed by atoms with Crippen molar-refractivity contribution in [2.24, 2.45) is 0 Å². The Morgan fingerprint density at radius 2 is 1.78 bits per heavy atom. The summed E-state index contributed by atoms with van der Waals surface area (Å²) in [4.78, 5) is 22.6. The molecular weight excluding hydrogens is 352 g/mol. The first-order chi connectivity index (χ1) is 13.0. The third-order valence-electron chi connectivity index (χ3n) is 3.98. The average molecular weight is 374 g/mol. The fourth-order valence-electron chi connectivity index (χ4n) is 2.54. The topological polar surface area (TPSA) is 99.9 Å². The highest BCUT2D eigenvalue weighted by Crippen LogP contribution is 2.30. The van der Waals surface area contributed by atoms with Crippen LogP contribution in [0.1, 0.15) is 24.9 Å². The van der Waals surface area contributed by atoms with Crippen LogP contribution < -0.4 is 19.5 Å². The van der Waals surface area contributed by atoms with Crippen molar-refractivity contribution in [1.29, 1.82) is 0 Å². The standard InChI is InChI=1S/C19H22N2O6/c1-4-16(13-5-7-14(25-2)8-6-13)20-19(22)12-27-15-9-10-17(21(23)24)18(11-15)26-3/h5-11,16H,4,12H2,1-3H3,(H,20,22)/t16-/m0/s1. The second-order valence-electron chi connectivity index (χ2n) is 5.68. The normalized spacial score (nSPS) is 11.4. The zero-order valence-corrected chi connectivity index (χ0v) is 15.4. The van der Waals surface area contributed by atoms with Gasteiger partial charge < -0.3 is 19.5 Å². The summed E-state index contributed by atoms with van der Waals surface area (Å²) in [6.07, 6.45) is 0.712. The minimum absolute atomic E-state index is 0.0718. The predicted molar refractivity (Wildman–Crippen MR) is 99.3 cm³/mol. The van der Waals surface area contributed by atoms with E-state index in [9.17, 15) is 14.9 Å². The fraction of sp³-hybridized carbons (Fsp3) is 0.316. The van der Waals surface area contributed by atoms with E-state index in [-0.39, 0.29) is 30.0 Å². The lowest BCUT2D eigenvalue weighted by molar-refractivity contribution is -0.385. The van der Waals surface area contributed by atoms with Gasteiger partial charge in [-0.15, -0.1) is 0 Å². The van der Waals surface area contributed by atoms with Gasteiger partial charge in [0.1, 0.15) is 11.5 Å². The lowest BCUT2D eigenvalue weighted by atomic mass is 10.0. The number of methoxy groups -OCH3 is 2. The summed E-state index contributed by atoms with van der Waals surface area (Å²) >= 11 is 0. The maximum atomic E-state index is 12.2. The van der Waals surface area contributed by atoms with E-state index in [1.807, 2.05) is 31.2 Å². The van der Waals surface area contributed by atoms with Gasteiger partial charge in [0.25, 0.3) is 5.91 Å². The van der Waals surface area contributed by atoms with Crippen molar-refractivity contribution in [3.05, 3.63) is 58.1 Å². The van der Waals surface area contributed by atoms with Crippen molar-refractivity contribution >= 4 is 11.6 Å². The minimum Gasteiger partial charge on any atom is -0.497 e. The van der Waals surface area contributed by atoms with Gasteiger partial charge in [-0.2, -0.15) is 0 Å². The number of carbonyl (C=O) groups is 1. The third kappa shape index (κ3) is 5.34. The van der Waals surface area contributed by atoms with Crippen LogP contribution in [0.25, 0.3) is 0 Å². The summed E-state index contributed by atoms with van der Waals surface area (Å²) < 4.78 is 15.5. The molecule has 0 aliphatic heterocycles. The van der Waals surface area contributed by atoms with Gasteiger partial charge in [-0.25, -0.2) is 0 Å². The van der Waals surface area contributed by atoms with E-state index < -0.39 is 4.92 Å². The van der Waals surface area contributed by atoms with Crippen LogP contribution in [0.4, 0.5) is 5.69 Å². The number of rotatable bonds is 9. The SMILES string of the molecule is CC[C@H](NC(=O)COc1ccc([N+](=O)[O-])c(OC)c1)c1ccc(OC)cc1. The highest BCUT2D eigenvalue weighted by Gasteiger charge is 2.17. The van der Waals surface area contributed by atoms with Crippen molar-refractivity contribution in [3.63, 3.8) is 0 Å². The van der Waals surface area contributed by atoms with Crippen LogP contribution >= 0.6 is 0 Å². The molecule has 0 heterocycles. The van der Waals surface area contributed by atoms with E-state index in [1.165, 1.54) is 25.3 Å². The minimum atomic E-state index is -0.546. The quantitative estimate of drug-likeness (QED) is 0.534. The van der Waals surface area contributed by atoms with Gasteiger partial charge in [0.2, 0.25) is 5.75 Å². The molecular formula is C19H22N2O6. The molecule has 2 rings (SSSR count). The monoisotopic (exact) mass is 374 g/mol. The van der Waals surface area contributed by atoms with E-state index >= 15 is 0 Å². The Labute approximate surface area is 157 Å². The molecule has 0 aliphatic rings. The van der Waals surface area contributed by atoms with Crippen LogP contribution in [0.5, 0.6) is 17.2 Å². The number of nitrogens with one attached hydrogen (secondary N) is 1. The molecule has 0 bridgehead atoms. The molecule has 0 fully saturated rings. The number of hydrogen-bond acceptors (Lipinski definition) is 6. The van der Waals surface area contributed by atoms with Crippen LogP contribution in [0, 0.1) is 10.1 Å². The third-order valence-corrected chi connectivity index (χ3v) is 3.98. The molecule has 1 amide bonds. The Balaban J connectivity index is 1.97. The van der Waals surface area contributed by atoms with Gasteiger partial charge in [0.15, 0.2) is 6.61 Å². The first kappa shape index (κ1) is 20.0. The molecule has 2 aromatic carbocycles. The molecule has 0 aliphatic carbocycles. The van der Waals surface area contributed by atoms with E-state index in [4.69, 9.17) is 14.2 Å². The number of nitrogens with zero attached hydrogens (tertiary/aromatic N) is 1. The highest BCUT2D eigenvalue weighted by atomic mass is 16.6. The summed E-state index contributed by atoms with van der Waals surface area (Å²) in [5, 5.41) is 13.8. The predicted octanol–water partition coefficient (Wildman–Crippen LogP) is 3.26. The van der Waals surface area contributed by atoms with Gasteiger partial charge in [-0.3, -0.25) is 14.9 Å². The van der Waals surface area contributed by atoms with Crippen LogP contribution in [0.15, 0.2) is 42.5 Å². The van der Waals surface area contributed by atoms with Crippen molar-refractivity contribution in [1.82, 2.24) is 5.32 Å². The molecule has 0 spiro atoms. The second-order valence-corrected chi connectivity index (χ2v) is 5.68. The molecule has 8 heteroatoms. The van der Waals surface area contributed by atoms with Crippen molar-refractivity contribution < 1.29 is 23.9 Å². The van der Waals surface area contributed by atoms with Gasteiger partial charge in [-0.1, -0.05) is 19.1 Å². The van der Waals surface area contributed by atoms with Crippen molar-refractivity contribution in [2.45, 2.75) is 19.4 Å². The number of ether oxygens (including phenoxy) is 3. The molecule has 1 N–H and O–H groups in total. The maximum Gasteiger partial charge on any atom is 0.311 e. The molecule has 144 valence electrons. The first-order valence-electron chi connectivity index (χ1n) is 8.37. The number of carbonyl (C=O) groups excluding carboxylic acids is 1. The summed E-state index contributed by atoms with van der Waals surface area (Å²) in [6, 6.07) is 11.4. The zero-order chi connectivity index (χ0) is 19.8. The summed E-state index contributed by atoms with van der Waals surface area (Å²) in [5.74, 6) is 0.832.